The van der Waals surface area contributed by atoms with Crippen LogP contribution >= 0.6 is 0 Å². The quantitative estimate of drug-likeness (QED) is 0.0978. The number of rotatable bonds is 22. The molecule has 1 aliphatic rings. The monoisotopic (exact) mass is 529 g/mol. The van der Waals surface area contributed by atoms with Crippen LogP contribution in [0.15, 0.2) is 36.4 Å². The normalized spacial score (nSPS) is 15.1. The van der Waals surface area contributed by atoms with Crippen LogP contribution in [0.5, 0.6) is 5.75 Å². The van der Waals surface area contributed by atoms with Gasteiger partial charge < -0.3 is 19.3 Å². The summed E-state index contributed by atoms with van der Waals surface area (Å²) in [7, 11) is 2.24. The first kappa shape index (κ1) is 32.4. The Kier molecular flexibility index (Phi) is 17.9. The van der Waals surface area contributed by atoms with Crippen molar-refractivity contribution in [1.82, 2.24) is 5.32 Å². The molecule has 0 spiro atoms. The molecule has 38 heavy (non-hydrogen) atoms. The van der Waals surface area contributed by atoms with E-state index in [0.29, 0.717) is 13.0 Å². The van der Waals surface area contributed by atoms with Crippen LogP contribution in [-0.2, 0) is 16.0 Å². The Morgan fingerprint density at radius 3 is 2.08 bits per heavy atom. The second-order valence-electron chi connectivity index (χ2n) is 11.4. The van der Waals surface area contributed by atoms with E-state index in [4.69, 9.17) is 9.47 Å². The van der Waals surface area contributed by atoms with Crippen molar-refractivity contribution in [3.63, 3.8) is 0 Å². The molecule has 0 atom stereocenters. The number of likely N-dealkylation sites (N-methyl/N-ethyl adjacent to an activating group) is 1. The first-order chi connectivity index (χ1) is 18.6. The number of benzene rings is 1. The molecule has 1 amide bonds. The third kappa shape index (κ3) is 16.2. The van der Waals surface area contributed by atoms with E-state index in [1.807, 2.05) is 24.3 Å². The number of carbonyl (C=O) groups excluding carboxylic acids is 1. The molecule has 0 radical (unpaired) electrons. The van der Waals surface area contributed by atoms with Crippen LogP contribution in [0.25, 0.3) is 0 Å². The molecule has 0 bridgehead atoms. The first-order valence-electron chi connectivity index (χ1n) is 15.7. The van der Waals surface area contributed by atoms with Gasteiger partial charge in [-0.25, -0.2) is 0 Å². The fourth-order valence-corrected chi connectivity index (χ4v) is 4.96. The molecule has 1 aromatic rings. The van der Waals surface area contributed by atoms with Crippen LogP contribution in [0, 0.1) is 0 Å². The Morgan fingerprint density at radius 2 is 1.45 bits per heavy atom. The summed E-state index contributed by atoms with van der Waals surface area (Å²) in [6.07, 6.45) is 23.7. The average molecular weight is 530 g/mol. The summed E-state index contributed by atoms with van der Waals surface area (Å²) in [5.74, 6) is 0.981. The summed E-state index contributed by atoms with van der Waals surface area (Å²) in [4.78, 5) is 12.3. The number of allylic oxidation sites excluding steroid dienone is 2. The van der Waals surface area contributed by atoms with Crippen molar-refractivity contribution in [3.8, 4) is 5.75 Å². The van der Waals surface area contributed by atoms with Crippen LogP contribution in [0.4, 0.5) is 0 Å². The van der Waals surface area contributed by atoms with Crippen LogP contribution in [0.1, 0.15) is 102 Å². The van der Waals surface area contributed by atoms with Gasteiger partial charge in [0.05, 0.1) is 46.4 Å². The van der Waals surface area contributed by atoms with Crippen molar-refractivity contribution in [3.05, 3.63) is 42.0 Å². The van der Waals surface area contributed by atoms with E-state index in [-0.39, 0.29) is 5.91 Å². The molecular formula is C33H57N2O3+. The number of amides is 1. The van der Waals surface area contributed by atoms with E-state index in [1.54, 1.807) is 0 Å². The number of morpholine rings is 1. The SMILES string of the molecule is CCCCCCCC/C=C\CCCCCCCCOc1ccc(CC(=O)NCC[N+]2(C)CCOCC2)cc1. The molecule has 216 valence electrons. The van der Waals surface area contributed by atoms with Crippen molar-refractivity contribution in [1.29, 1.82) is 0 Å². The number of carbonyl (C=O) groups is 1. The van der Waals surface area contributed by atoms with Gasteiger partial charge >= 0.3 is 0 Å². The van der Waals surface area contributed by atoms with Gasteiger partial charge in [0.15, 0.2) is 0 Å². The number of hydrogen-bond acceptors (Lipinski definition) is 3. The van der Waals surface area contributed by atoms with E-state index in [0.717, 1.165) is 61.7 Å². The minimum absolute atomic E-state index is 0.0858. The van der Waals surface area contributed by atoms with Crippen molar-refractivity contribution in [2.24, 2.45) is 0 Å². The van der Waals surface area contributed by atoms with Gasteiger partial charge in [0.1, 0.15) is 18.8 Å². The molecule has 0 aliphatic carbocycles. The maximum absolute atomic E-state index is 12.3. The summed E-state index contributed by atoms with van der Waals surface area (Å²) in [6.45, 7) is 8.39. The fraction of sp³-hybridized carbons (Fsp3) is 0.727. The zero-order valence-electron chi connectivity index (χ0n) is 24.7. The number of quaternary nitrogens is 1. The Bertz CT molecular complexity index is 741. The van der Waals surface area contributed by atoms with Gasteiger partial charge in [-0.3, -0.25) is 4.79 Å². The van der Waals surface area contributed by atoms with E-state index >= 15 is 0 Å². The Balaban J connectivity index is 1.40. The topological polar surface area (TPSA) is 47.6 Å². The highest BCUT2D eigenvalue weighted by atomic mass is 16.5. The van der Waals surface area contributed by atoms with Gasteiger partial charge in [0.2, 0.25) is 5.91 Å². The minimum atomic E-state index is 0.0858. The molecule has 2 rings (SSSR count). The van der Waals surface area contributed by atoms with Gasteiger partial charge in [-0.15, -0.1) is 0 Å². The number of nitrogens with zero attached hydrogens (tertiary/aromatic N) is 1. The summed E-state index contributed by atoms with van der Waals surface area (Å²) in [5.41, 5.74) is 1.03. The van der Waals surface area contributed by atoms with Crippen molar-refractivity contribution >= 4 is 5.91 Å². The lowest BCUT2D eigenvalue weighted by atomic mass is 10.1. The number of unbranched alkanes of at least 4 members (excludes halogenated alkanes) is 12. The van der Waals surface area contributed by atoms with Crippen molar-refractivity contribution in [2.45, 2.75) is 103 Å². The second-order valence-corrected chi connectivity index (χ2v) is 11.4. The molecule has 1 saturated heterocycles. The summed E-state index contributed by atoms with van der Waals surface area (Å²) >= 11 is 0. The lowest BCUT2D eigenvalue weighted by Crippen LogP contribution is -2.54. The molecule has 1 aliphatic heterocycles. The summed E-state index contributed by atoms with van der Waals surface area (Å²) < 4.78 is 12.3. The third-order valence-electron chi connectivity index (χ3n) is 7.74. The van der Waals surface area contributed by atoms with Crippen LogP contribution in [0.3, 0.4) is 0 Å². The van der Waals surface area contributed by atoms with E-state index in [1.165, 1.54) is 83.5 Å². The Morgan fingerprint density at radius 1 is 0.868 bits per heavy atom. The van der Waals surface area contributed by atoms with Crippen molar-refractivity contribution in [2.75, 3.05) is 53.0 Å². The Hall–Kier alpha value is -1.85. The van der Waals surface area contributed by atoms with Gasteiger partial charge in [0.25, 0.3) is 0 Å². The van der Waals surface area contributed by atoms with Crippen molar-refractivity contribution < 1.29 is 18.8 Å². The molecule has 1 N–H and O–H groups in total. The highest BCUT2D eigenvalue weighted by Crippen LogP contribution is 2.15. The molecule has 1 aromatic carbocycles. The summed E-state index contributed by atoms with van der Waals surface area (Å²) in [5, 5.41) is 3.08. The third-order valence-corrected chi connectivity index (χ3v) is 7.74. The highest BCUT2D eigenvalue weighted by Gasteiger charge is 2.24. The molecule has 0 unspecified atom stereocenters. The van der Waals surface area contributed by atoms with Gasteiger partial charge in [-0.05, 0) is 49.8 Å². The molecule has 0 saturated carbocycles. The van der Waals surface area contributed by atoms with Gasteiger partial charge in [0, 0.05) is 0 Å². The molecular weight excluding hydrogens is 472 g/mol. The lowest BCUT2D eigenvalue weighted by molar-refractivity contribution is -0.915. The number of nitrogens with one attached hydrogen (secondary N) is 1. The molecule has 5 heteroatoms. The Labute approximate surface area is 233 Å². The van der Waals surface area contributed by atoms with Crippen LogP contribution in [0.2, 0.25) is 0 Å². The zero-order valence-corrected chi connectivity index (χ0v) is 24.7. The smallest absolute Gasteiger partial charge is 0.224 e. The highest BCUT2D eigenvalue weighted by molar-refractivity contribution is 5.78. The fourth-order valence-electron chi connectivity index (χ4n) is 4.96. The van der Waals surface area contributed by atoms with E-state index in [9.17, 15) is 4.79 Å². The maximum Gasteiger partial charge on any atom is 0.224 e. The first-order valence-corrected chi connectivity index (χ1v) is 15.7. The predicted molar refractivity (Wildman–Crippen MR) is 160 cm³/mol. The number of ether oxygens (including phenoxy) is 2. The van der Waals surface area contributed by atoms with Crippen LogP contribution < -0.4 is 10.1 Å². The summed E-state index contributed by atoms with van der Waals surface area (Å²) in [6, 6.07) is 7.99. The predicted octanol–water partition coefficient (Wildman–Crippen LogP) is 7.24. The van der Waals surface area contributed by atoms with Gasteiger partial charge in [-0.1, -0.05) is 89.0 Å². The molecule has 5 nitrogen and oxygen atoms in total. The van der Waals surface area contributed by atoms with Gasteiger partial charge in [-0.2, -0.15) is 0 Å². The second kappa shape index (κ2) is 21.0. The van der Waals surface area contributed by atoms with E-state index in [2.05, 4.69) is 31.4 Å². The standard InChI is InChI=1S/C33H56N2O3/c1-3-4-5-6-7-8-9-10-11-12-13-14-15-16-17-18-27-38-32-21-19-31(20-22-32)30-33(36)34-23-24-35(2)25-28-37-29-26-35/h10-11,19-22H,3-9,12-18,23-30H2,1-2H3/p+1/b11-10-. The molecule has 0 aromatic heterocycles. The largest absolute Gasteiger partial charge is 0.494 e. The van der Waals surface area contributed by atoms with Crippen LogP contribution in [-0.4, -0.2) is 63.4 Å². The zero-order chi connectivity index (χ0) is 27.2. The lowest BCUT2D eigenvalue weighted by Gasteiger charge is -2.37. The maximum atomic E-state index is 12.3. The number of hydrogen-bond donors (Lipinski definition) is 1. The molecule has 1 heterocycles. The van der Waals surface area contributed by atoms with E-state index < -0.39 is 0 Å². The molecule has 1 fully saturated rings. The minimum Gasteiger partial charge on any atom is -0.494 e. The average Bonchev–Trinajstić information content (AvgIpc) is 2.91.